The van der Waals surface area contributed by atoms with Crippen LogP contribution >= 0.6 is 11.8 Å². The molecule has 2 amide bonds. The highest BCUT2D eigenvalue weighted by molar-refractivity contribution is 8.15. The average Bonchev–Trinajstić information content (AvgIpc) is 3.46. The highest BCUT2D eigenvalue weighted by Crippen LogP contribution is 2.36. The minimum Gasteiger partial charge on any atom is -0.478 e. The number of carboxylic acids is 1. The monoisotopic (exact) mass is 521 g/mol. The van der Waals surface area contributed by atoms with Gasteiger partial charge in [0.15, 0.2) is 16.7 Å². The molecule has 11 heteroatoms. The van der Waals surface area contributed by atoms with Gasteiger partial charge in [-0.15, -0.1) is 0 Å². The lowest BCUT2D eigenvalue weighted by Gasteiger charge is -2.17. The lowest BCUT2D eigenvalue weighted by molar-refractivity contribution is -0.128. The normalized spacial score (nSPS) is 17.3. The number of amidine groups is 1. The van der Waals surface area contributed by atoms with E-state index in [0.29, 0.717) is 17.2 Å². The lowest BCUT2D eigenvalue weighted by atomic mass is 10.1. The summed E-state index contributed by atoms with van der Waals surface area (Å²) in [5.41, 5.74) is 1.33. The van der Waals surface area contributed by atoms with E-state index in [-0.39, 0.29) is 42.1 Å². The molecule has 0 unspecified atom stereocenters. The van der Waals surface area contributed by atoms with Crippen LogP contribution < -0.4 is 14.8 Å². The van der Waals surface area contributed by atoms with Crippen LogP contribution in [0, 0.1) is 5.82 Å². The molecule has 1 fully saturated rings. The zero-order chi connectivity index (χ0) is 25.9. The number of hydrogen-bond acceptors (Lipinski definition) is 7. The molecule has 1 atom stereocenters. The van der Waals surface area contributed by atoms with E-state index >= 15 is 0 Å². The summed E-state index contributed by atoms with van der Waals surface area (Å²) in [5.74, 6) is -1.20. The molecular weight excluding hydrogens is 501 g/mol. The van der Waals surface area contributed by atoms with Crippen LogP contribution in [0.2, 0.25) is 0 Å². The summed E-state index contributed by atoms with van der Waals surface area (Å²) >= 11 is 1.09. The summed E-state index contributed by atoms with van der Waals surface area (Å²) < 4.78 is 25.1. The zero-order valence-electron chi connectivity index (χ0n) is 19.2. The third-order valence-corrected chi connectivity index (χ3v) is 6.83. The maximum Gasteiger partial charge on any atom is 0.335 e. The molecule has 0 spiro atoms. The number of thioether (sulfide) groups is 1. The molecular formula is C26H20FN3O6S. The Bertz CT molecular complexity index is 1410. The summed E-state index contributed by atoms with van der Waals surface area (Å²) in [6.07, 6.45) is -0.155. The minimum absolute atomic E-state index is 0.0807. The zero-order valence-corrected chi connectivity index (χ0v) is 20.0. The predicted octanol–water partition coefficient (Wildman–Crippen LogP) is 4.41. The highest BCUT2D eigenvalue weighted by Gasteiger charge is 2.39. The standard InChI is InChI=1S/C26H20FN3O6S/c27-18-3-1-2-4-19(18)29-26-30(13-15-5-10-20-21(11-15)36-14-35-20)24(32)22(37-26)12-23(31)28-17-8-6-16(7-9-17)25(33)34/h1-11,22H,12-14H2,(H,28,31)(H,33,34)/t22-/m0/s1. The van der Waals surface area contributed by atoms with Crippen LogP contribution in [0.5, 0.6) is 11.5 Å². The fraction of sp³-hybridized carbons (Fsp3) is 0.154. The number of carbonyl (C=O) groups is 3. The van der Waals surface area contributed by atoms with Crippen LogP contribution in [0.15, 0.2) is 71.7 Å². The second-order valence-corrected chi connectivity index (χ2v) is 9.37. The molecule has 37 heavy (non-hydrogen) atoms. The fourth-order valence-electron chi connectivity index (χ4n) is 3.81. The molecule has 2 heterocycles. The highest BCUT2D eigenvalue weighted by atomic mass is 32.2. The second kappa shape index (κ2) is 10.3. The van der Waals surface area contributed by atoms with Crippen LogP contribution in [0.3, 0.4) is 0 Å². The van der Waals surface area contributed by atoms with E-state index in [1.165, 1.54) is 41.3 Å². The van der Waals surface area contributed by atoms with Gasteiger partial charge in [0.1, 0.15) is 16.8 Å². The molecule has 2 aliphatic heterocycles. The van der Waals surface area contributed by atoms with Crippen LogP contribution in [0.1, 0.15) is 22.3 Å². The number of ether oxygens (including phenoxy) is 2. The first-order valence-corrected chi connectivity index (χ1v) is 12.1. The smallest absolute Gasteiger partial charge is 0.335 e. The van der Waals surface area contributed by atoms with Crippen LogP contribution in [0.4, 0.5) is 15.8 Å². The van der Waals surface area contributed by atoms with Crippen molar-refractivity contribution in [3.05, 3.63) is 83.7 Å². The summed E-state index contributed by atoms with van der Waals surface area (Å²) in [6.45, 7) is 0.262. The molecule has 0 bridgehead atoms. The minimum atomic E-state index is -1.07. The Hall–Kier alpha value is -4.38. The van der Waals surface area contributed by atoms with Crippen LogP contribution in [-0.2, 0) is 16.1 Å². The quantitative estimate of drug-likeness (QED) is 0.473. The summed E-state index contributed by atoms with van der Waals surface area (Å²) in [6, 6.07) is 17.0. The number of rotatable bonds is 7. The number of fused-ring (bicyclic) bond motifs is 1. The first-order valence-electron chi connectivity index (χ1n) is 11.2. The Balaban J connectivity index is 1.35. The largest absolute Gasteiger partial charge is 0.478 e. The van der Waals surface area contributed by atoms with Crippen molar-refractivity contribution in [2.75, 3.05) is 12.1 Å². The van der Waals surface area contributed by atoms with E-state index in [1.807, 2.05) is 0 Å². The van der Waals surface area contributed by atoms with Crippen molar-refractivity contribution in [2.45, 2.75) is 18.2 Å². The maximum absolute atomic E-state index is 14.3. The molecule has 0 aromatic heterocycles. The molecule has 2 aliphatic rings. The number of halogens is 1. The predicted molar refractivity (Wildman–Crippen MR) is 135 cm³/mol. The van der Waals surface area contributed by atoms with Gasteiger partial charge in [-0.25, -0.2) is 14.2 Å². The van der Waals surface area contributed by atoms with E-state index in [0.717, 1.165) is 17.3 Å². The van der Waals surface area contributed by atoms with Crippen molar-refractivity contribution in [3.8, 4) is 11.5 Å². The van der Waals surface area contributed by atoms with Gasteiger partial charge in [-0.1, -0.05) is 30.0 Å². The summed E-state index contributed by atoms with van der Waals surface area (Å²) in [5, 5.41) is 11.2. The Morgan fingerprint density at radius 2 is 1.84 bits per heavy atom. The number of aliphatic imine (C=N–C) groups is 1. The SMILES string of the molecule is O=C(C[C@@H]1SC(=Nc2ccccc2F)N(Cc2ccc3c(c2)OCO3)C1=O)Nc1ccc(C(=O)O)cc1. The number of aromatic carboxylic acids is 1. The van der Waals surface area contributed by atoms with Gasteiger partial charge in [0.05, 0.1) is 12.1 Å². The molecule has 2 N–H and O–H groups in total. The Morgan fingerprint density at radius 1 is 1.08 bits per heavy atom. The van der Waals surface area contributed by atoms with Gasteiger partial charge >= 0.3 is 5.97 Å². The molecule has 0 radical (unpaired) electrons. The number of hydrogen-bond donors (Lipinski definition) is 2. The molecule has 5 rings (SSSR count). The maximum atomic E-state index is 14.3. The van der Waals surface area contributed by atoms with Gasteiger partial charge in [0.2, 0.25) is 18.6 Å². The summed E-state index contributed by atoms with van der Waals surface area (Å²) in [4.78, 5) is 42.9. The van der Waals surface area contributed by atoms with E-state index in [9.17, 15) is 18.8 Å². The molecule has 188 valence electrons. The van der Waals surface area contributed by atoms with E-state index in [4.69, 9.17) is 14.6 Å². The number of benzene rings is 3. The van der Waals surface area contributed by atoms with Gasteiger partial charge in [-0.3, -0.25) is 14.5 Å². The number of carboxylic acid groups (broad SMARTS) is 1. The molecule has 1 saturated heterocycles. The van der Waals surface area contributed by atoms with Crippen molar-refractivity contribution >= 4 is 46.1 Å². The lowest BCUT2D eigenvalue weighted by Crippen LogP contribution is -2.33. The van der Waals surface area contributed by atoms with Crippen LogP contribution in [0.25, 0.3) is 0 Å². The van der Waals surface area contributed by atoms with Gasteiger partial charge in [0, 0.05) is 12.1 Å². The second-order valence-electron chi connectivity index (χ2n) is 8.20. The molecule has 0 aliphatic carbocycles. The summed E-state index contributed by atoms with van der Waals surface area (Å²) in [7, 11) is 0. The van der Waals surface area contributed by atoms with Gasteiger partial charge < -0.3 is 19.9 Å². The Labute approximate surface area is 214 Å². The number of para-hydroxylation sites is 1. The van der Waals surface area contributed by atoms with E-state index < -0.39 is 22.9 Å². The topological polar surface area (TPSA) is 118 Å². The molecule has 0 saturated carbocycles. The fourth-order valence-corrected chi connectivity index (χ4v) is 4.96. The first kappa shape index (κ1) is 24.3. The third-order valence-electron chi connectivity index (χ3n) is 5.65. The van der Waals surface area contributed by atoms with Crippen molar-refractivity contribution < 1.29 is 33.4 Å². The van der Waals surface area contributed by atoms with E-state index in [2.05, 4.69) is 10.3 Å². The van der Waals surface area contributed by atoms with Crippen LogP contribution in [-0.4, -0.2) is 45.0 Å². The van der Waals surface area contributed by atoms with Gasteiger partial charge in [-0.05, 0) is 54.1 Å². The molecule has 3 aromatic rings. The number of amides is 2. The van der Waals surface area contributed by atoms with E-state index in [1.54, 1.807) is 30.3 Å². The third kappa shape index (κ3) is 5.41. The van der Waals surface area contributed by atoms with Crippen molar-refractivity contribution in [1.82, 2.24) is 4.90 Å². The van der Waals surface area contributed by atoms with Crippen molar-refractivity contribution in [3.63, 3.8) is 0 Å². The average molecular weight is 522 g/mol. The molecule has 3 aromatic carbocycles. The van der Waals surface area contributed by atoms with Crippen molar-refractivity contribution in [2.24, 2.45) is 4.99 Å². The van der Waals surface area contributed by atoms with Crippen molar-refractivity contribution in [1.29, 1.82) is 0 Å². The number of nitrogens with zero attached hydrogens (tertiary/aromatic N) is 2. The van der Waals surface area contributed by atoms with Gasteiger partial charge in [0.25, 0.3) is 0 Å². The number of anilines is 1. The number of nitrogens with one attached hydrogen (secondary N) is 1. The van der Waals surface area contributed by atoms with Gasteiger partial charge in [-0.2, -0.15) is 0 Å². The number of carbonyl (C=O) groups excluding carboxylic acids is 2. The Kier molecular flexibility index (Phi) is 6.78. The first-order chi connectivity index (χ1) is 17.9. The molecule has 9 nitrogen and oxygen atoms in total. The Morgan fingerprint density at radius 3 is 2.59 bits per heavy atom.